The Morgan fingerprint density at radius 1 is 1.05 bits per heavy atom. The van der Waals surface area contributed by atoms with Gasteiger partial charge < -0.3 is 9.88 Å². The minimum Gasteiger partial charge on any atom is -0.340 e. The maximum absolute atomic E-state index is 14.0. The van der Waals surface area contributed by atoms with E-state index >= 15 is 0 Å². The fourth-order valence-corrected chi connectivity index (χ4v) is 5.91. The van der Waals surface area contributed by atoms with Crippen molar-refractivity contribution >= 4 is 16.7 Å². The number of ketones is 1. The van der Waals surface area contributed by atoms with Crippen LogP contribution in [0.25, 0.3) is 33.3 Å². The second kappa shape index (κ2) is 12.7. The highest BCUT2D eigenvalue weighted by Crippen LogP contribution is 2.42. The summed E-state index contributed by atoms with van der Waals surface area (Å²) in [5, 5.41) is 4.34. The minimum absolute atomic E-state index is 0.0777. The minimum atomic E-state index is -0.543. The van der Waals surface area contributed by atoms with Gasteiger partial charge in [0.1, 0.15) is 12.5 Å². The zero-order valence-electron chi connectivity index (χ0n) is 26.1. The Morgan fingerprint density at radius 2 is 1.78 bits per heavy atom. The molecule has 1 N–H and O–H groups in total. The molecular formula is C36H46FN3O. The third-order valence-electron chi connectivity index (χ3n) is 8.56. The summed E-state index contributed by atoms with van der Waals surface area (Å²) in [4.78, 5) is 16.9. The molecule has 0 amide bonds. The number of alkyl halides is 1. The highest BCUT2D eigenvalue weighted by atomic mass is 19.1. The molecule has 4 nitrogen and oxygen atoms in total. The van der Waals surface area contributed by atoms with Crippen LogP contribution in [0.4, 0.5) is 4.39 Å². The van der Waals surface area contributed by atoms with E-state index in [1.54, 1.807) is 14.0 Å². The van der Waals surface area contributed by atoms with Gasteiger partial charge in [-0.3, -0.25) is 9.78 Å². The number of hydrogen-bond donors (Lipinski definition) is 1. The molecule has 4 aromatic rings. The van der Waals surface area contributed by atoms with Gasteiger partial charge in [0.05, 0.1) is 17.4 Å². The quantitative estimate of drug-likeness (QED) is 0.190. The van der Waals surface area contributed by atoms with E-state index in [9.17, 15) is 9.18 Å². The van der Waals surface area contributed by atoms with E-state index in [2.05, 4.69) is 81.8 Å². The number of carbonyl (C=O) groups is 1. The molecule has 0 aliphatic rings. The molecule has 1 unspecified atom stereocenters. The molecule has 0 aliphatic carbocycles. The van der Waals surface area contributed by atoms with Gasteiger partial charge in [0.25, 0.3) is 0 Å². The first-order valence-corrected chi connectivity index (χ1v) is 15.0. The van der Waals surface area contributed by atoms with Gasteiger partial charge >= 0.3 is 0 Å². The van der Waals surface area contributed by atoms with Crippen molar-refractivity contribution in [3.05, 3.63) is 77.1 Å². The molecule has 2 aromatic carbocycles. The summed E-state index contributed by atoms with van der Waals surface area (Å²) >= 11 is 0. The van der Waals surface area contributed by atoms with Crippen molar-refractivity contribution in [3.63, 3.8) is 0 Å². The van der Waals surface area contributed by atoms with Crippen molar-refractivity contribution < 1.29 is 9.18 Å². The monoisotopic (exact) mass is 555 g/mol. The van der Waals surface area contributed by atoms with Gasteiger partial charge in [-0.05, 0) is 103 Å². The lowest BCUT2D eigenvalue weighted by Gasteiger charge is -2.24. The lowest BCUT2D eigenvalue weighted by atomic mass is 9.81. The first kappa shape index (κ1) is 30.6. The van der Waals surface area contributed by atoms with Crippen molar-refractivity contribution in [2.45, 2.75) is 92.9 Å². The highest BCUT2D eigenvalue weighted by Gasteiger charge is 2.26. The van der Waals surface area contributed by atoms with E-state index in [0.29, 0.717) is 17.9 Å². The molecule has 5 heteroatoms. The number of carbonyl (C=O) groups excluding carboxylic acids is 1. The average Bonchev–Trinajstić information content (AvgIpc) is 3.26. The van der Waals surface area contributed by atoms with E-state index in [1.807, 2.05) is 24.4 Å². The Morgan fingerprint density at radius 3 is 2.39 bits per heavy atom. The number of halogens is 1. The number of aryl methyl sites for hydroxylation is 1. The molecule has 41 heavy (non-hydrogen) atoms. The maximum atomic E-state index is 14.0. The van der Waals surface area contributed by atoms with Gasteiger partial charge in [0.15, 0.2) is 0 Å². The molecule has 0 saturated heterocycles. The number of nitrogens with one attached hydrogen (secondary N) is 1. The van der Waals surface area contributed by atoms with Gasteiger partial charge in [0, 0.05) is 29.2 Å². The Labute approximate surface area is 245 Å². The van der Waals surface area contributed by atoms with Crippen molar-refractivity contribution in [1.29, 1.82) is 0 Å². The molecule has 218 valence electrons. The topological polar surface area (TPSA) is 46.9 Å². The van der Waals surface area contributed by atoms with Crippen LogP contribution in [-0.2, 0) is 30.9 Å². The van der Waals surface area contributed by atoms with Gasteiger partial charge in [0.2, 0.25) is 0 Å². The largest absolute Gasteiger partial charge is 0.340 e. The third kappa shape index (κ3) is 6.46. The molecule has 0 radical (unpaired) electrons. The van der Waals surface area contributed by atoms with Crippen LogP contribution in [0.1, 0.15) is 83.2 Å². The normalized spacial score (nSPS) is 12.8. The summed E-state index contributed by atoms with van der Waals surface area (Å²) in [6.07, 6.45) is 4.43. The molecule has 1 atom stereocenters. The second-order valence-electron chi connectivity index (χ2n) is 12.4. The van der Waals surface area contributed by atoms with Gasteiger partial charge in [-0.1, -0.05) is 59.2 Å². The second-order valence-corrected chi connectivity index (χ2v) is 12.4. The smallest absolute Gasteiger partial charge is 0.147 e. The molecule has 2 heterocycles. The summed E-state index contributed by atoms with van der Waals surface area (Å²) < 4.78 is 16.5. The van der Waals surface area contributed by atoms with Crippen molar-refractivity contribution in [3.8, 4) is 22.4 Å². The average molecular weight is 556 g/mol. The number of Topliss-reactive ketones (excluding diaryl/α,β-unsaturated/α-hetero) is 1. The number of nitrogens with zero attached hydrogens (tertiary/aromatic N) is 2. The summed E-state index contributed by atoms with van der Waals surface area (Å²) in [6.45, 7) is 15.5. The van der Waals surface area contributed by atoms with Crippen molar-refractivity contribution in [2.24, 2.45) is 5.41 Å². The fraction of sp³-hybridized carbons (Fsp3) is 0.444. The van der Waals surface area contributed by atoms with E-state index in [-0.39, 0.29) is 17.2 Å². The van der Waals surface area contributed by atoms with Crippen LogP contribution in [0, 0.1) is 5.41 Å². The van der Waals surface area contributed by atoms with Crippen LogP contribution in [0.2, 0.25) is 0 Å². The Balaban J connectivity index is 1.98. The zero-order valence-corrected chi connectivity index (χ0v) is 26.1. The SMILES string of the molecule is CCn1c(-c2cccnc2C(C)C)c(CC(C)(C)CC)c2cc(-c3cc(CF)cc(CC(NC)C(C)=O)c3)ccc21. The lowest BCUT2D eigenvalue weighted by molar-refractivity contribution is -0.118. The third-order valence-corrected chi connectivity index (χ3v) is 8.56. The van der Waals surface area contributed by atoms with E-state index in [0.717, 1.165) is 41.8 Å². The van der Waals surface area contributed by atoms with E-state index in [1.165, 1.54) is 27.7 Å². The van der Waals surface area contributed by atoms with Gasteiger partial charge in [-0.2, -0.15) is 0 Å². The van der Waals surface area contributed by atoms with Crippen LogP contribution < -0.4 is 5.32 Å². The van der Waals surface area contributed by atoms with E-state index in [4.69, 9.17) is 4.98 Å². The number of rotatable bonds is 12. The van der Waals surface area contributed by atoms with Crippen LogP contribution in [0.3, 0.4) is 0 Å². The molecular weight excluding hydrogens is 509 g/mol. The number of benzene rings is 2. The van der Waals surface area contributed by atoms with Gasteiger partial charge in [-0.15, -0.1) is 0 Å². The molecule has 0 spiro atoms. The molecule has 4 rings (SSSR count). The predicted octanol–water partition coefficient (Wildman–Crippen LogP) is 8.68. The Bertz CT molecular complexity index is 1530. The maximum Gasteiger partial charge on any atom is 0.147 e. The first-order chi connectivity index (χ1) is 19.5. The Hall–Kier alpha value is -3.31. The van der Waals surface area contributed by atoms with Gasteiger partial charge in [-0.25, -0.2) is 4.39 Å². The van der Waals surface area contributed by atoms with E-state index < -0.39 is 6.67 Å². The number of fused-ring (bicyclic) bond motifs is 1. The van der Waals surface area contributed by atoms with Crippen LogP contribution >= 0.6 is 0 Å². The number of hydrogen-bond acceptors (Lipinski definition) is 3. The van der Waals surface area contributed by atoms with Crippen molar-refractivity contribution in [2.75, 3.05) is 7.05 Å². The molecule has 0 fully saturated rings. The molecule has 0 bridgehead atoms. The number of likely N-dealkylation sites (N-methyl/N-ethyl adjacent to an activating group) is 1. The Kier molecular flexibility index (Phi) is 9.48. The predicted molar refractivity (Wildman–Crippen MR) is 170 cm³/mol. The number of aromatic nitrogens is 2. The fourth-order valence-electron chi connectivity index (χ4n) is 5.91. The van der Waals surface area contributed by atoms with Crippen LogP contribution in [-0.4, -0.2) is 28.4 Å². The lowest BCUT2D eigenvalue weighted by Crippen LogP contribution is -2.34. The highest BCUT2D eigenvalue weighted by molar-refractivity contribution is 5.95. The zero-order chi connectivity index (χ0) is 29.9. The molecule has 0 saturated carbocycles. The summed E-state index contributed by atoms with van der Waals surface area (Å²) in [6, 6.07) is 16.6. The van der Waals surface area contributed by atoms with Crippen molar-refractivity contribution in [1.82, 2.24) is 14.9 Å². The summed E-state index contributed by atoms with van der Waals surface area (Å²) in [5.41, 5.74) is 9.88. The standard InChI is InChI=1S/C36H46FN3O/c1-9-36(6,7)21-31-30-20-27(28-17-25(16-26(18-28)22-37)19-32(38-8)24(5)41)13-14-33(30)40(10-2)35(31)29-12-11-15-39-34(29)23(3)4/h11-18,20,23,32,38H,9-10,19,21-22H2,1-8H3. The molecule has 2 aromatic heterocycles. The van der Waals surface area contributed by atoms with Crippen LogP contribution in [0.5, 0.6) is 0 Å². The summed E-state index contributed by atoms with van der Waals surface area (Å²) in [7, 11) is 1.79. The molecule has 0 aliphatic heterocycles. The first-order valence-electron chi connectivity index (χ1n) is 15.0. The number of pyridine rings is 1. The summed E-state index contributed by atoms with van der Waals surface area (Å²) in [5.74, 6) is 0.379. The van der Waals surface area contributed by atoms with Crippen LogP contribution in [0.15, 0.2) is 54.7 Å².